The van der Waals surface area contributed by atoms with Gasteiger partial charge in [-0.3, -0.25) is 0 Å². The summed E-state index contributed by atoms with van der Waals surface area (Å²) in [6.45, 7) is 0. The van der Waals surface area contributed by atoms with Gasteiger partial charge in [0.05, 0.1) is 12.5 Å². The van der Waals surface area contributed by atoms with Gasteiger partial charge in [-0.1, -0.05) is 0 Å². The smallest absolute Gasteiger partial charge is 0.382 e. The van der Waals surface area contributed by atoms with E-state index in [0.29, 0.717) is 0 Å². The SMILES string of the molecule is O=C(OC(=O)C(F)(F)F)c1cnc[nH]1. The summed E-state index contributed by atoms with van der Waals surface area (Å²) in [6.07, 6.45) is -3.18. The van der Waals surface area contributed by atoms with Crippen LogP contribution >= 0.6 is 0 Å². The molecule has 0 atom stereocenters. The Bertz CT molecular complexity index is 344. The van der Waals surface area contributed by atoms with Gasteiger partial charge in [0.25, 0.3) is 0 Å². The number of hydrogen-bond donors (Lipinski definition) is 1. The van der Waals surface area contributed by atoms with E-state index in [1.165, 1.54) is 0 Å². The number of imidazole rings is 1. The van der Waals surface area contributed by atoms with Gasteiger partial charge < -0.3 is 9.72 Å². The summed E-state index contributed by atoms with van der Waals surface area (Å²) < 4.78 is 38.3. The Labute approximate surface area is 74.9 Å². The fraction of sp³-hybridized carbons (Fsp3) is 0.167. The molecule has 1 aromatic heterocycles. The molecular formula is C6H3F3N2O3. The summed E-state index contributed by atoms with van der Waals surface area (Å²) in [5.41, 5.74) is -0.331. The van der Waals surface area contributed by atoms with Gasteiger partial charge in [0.2, 0.25) is 0 Å². The molecule has 0 radical (unpaired) electrons. The van der Waals surface area contributed by atoms with Crippen LogP contribution in [0, 0.1) is 0 Å². The number of esters is 2. The molecule has 0 bridgehead atoms. The Morgan fingerprint density at radius 1 is 1.43 bits per heavy atom. The Morgan fingerprint density at radius 2 is 2.07 bits per heavy atom. The van der Waals surface area contributed by atoms with Gasteiger partial charge in [-0.25, -0.2) is 14.6 Å². The lowest BCUT2D eigenvalue weighted by Crippen LogP contribution is -2.28. The van der Waals surface area contributed by atoms with E-state index < -0.39 is 18.1 Å². The number of nitrogens with zero attached hydrogens (tertiary/aromatic N) is 1. The molecule has 0 aliphatic rings. The molecule has 0 saturated heterocycles. The van der Waals surface area contributed by atoms with Crippen LogP contribution in [0.3, 0.4) is 0 Å². The molecule has 0 spiro atoms. The monoisotopic (exact) mass is 208 g/mol. The number of rotatable bonds is 1. The van der Waals surface area contributed by atoms with Crippen LogP contribution in [0.1, 0.15) is 10.5 Å². The minimum atomic E-state index is -5.18. The van der Waals surface area contributed by atoms with E-state index in [4.69, 9.17) is 0 Å². The molecule has 1 heterocycles. The summed E-state index contributed by atoms with van der Waals surface area (Å²) in [4.78, 5) is 26.5. The van der Waals surface area contributed by atoms with Crippen LogP contribution in [0.15, 0.2) is 12.5 Å². The van der Waals surface area contributed by atoms with Crippen LogP contribution < -0.4 is 0 Å². The second-order valence-electron chi connectivity index (χ2n) is 2.14. The second-order valence-corrected chi connectivity index (χ2v) is 2.14. The van der Waals surface area contributed by atoms with Gasteiger partial charge in [0.1, 0.15) is 5.69 Å². The number of nitrogens with one attached hydrogen (secondary N) is 1. The molecule has 8 heteroatoms. The average molecular weight is 208 g/mol. The lowest BCUT2D eigenvalue weighted by molar-refractivity contribution is -0.193. The number of ether oxygens (including phenoxy) is 1. The molecule has 0 saturated carbocycles. The number of aromatic amines is 1. The number of aromatic nitrogens is 2. The number of hydrogen-bond acceptors (Lipinski definition) is 4. The number of H-pyrrole nitrogens is 1. The molecule has 14 heavy (non-hydrogen) atoms. The van der Waals surface area contributed by atoms with Gasteiger partial charge >= 0.3 is 18.1 Å². The molecule has 5 nitrogen and oxygen atoms in total. The minimum absolute atomic E-state index is 0.331. The van der Waals surface area contributed by atoms with Crippen LogP contribution in [0.2, 0.25) is 0 Å². The van der Waals surface area contributed by atoms with Crippen molar-refractivity contribution < 1.29 is 27.5 Å². The van der Waals surface area contributed by atoms with E-state index in [1.54, 1.807) is 0 Å². The van der Waals surface area contributed by atoms with E-state index in [1.807, 2.05) is 0 Å². The first-order chi connectivity index (χ1) is 6.41. The molecule has 0 aliphatic carbocycles. The van der Waals surface area contributed by atoms with Gasteiger partial charge in [-0.2, -0.15) is 13.2 Å². The Morgan fingerprint density at radius 3 is 2.50 bits per heavy atom. The van der Waals surface area contributed by atoms with Crippen molar-refractivity contribution in [3.8, 4) is 0 Å². The zero-order valence-corrected chi connectivity index (χ0v) is 6.46. The minimum Gasteiger partial charge on any atom is -0.382 e. The molecule has 0 unspecified atom stereocenters. The zero-order chi connectivity index (χ0) is 10.8. The highest BCUT2D eigenvalue weighted by molar-refractivity contribution is 5.96. The van der Waals surface area contributed by atoms with Crippen molar-refractivity contribution >= 4 is 11.9 Å². The summed E-state index contributed by atoms with van der Waals surface area (Å²) in [7, 11) is 0. The maximum absolute atomic E-state index is 11.6. The van der Waals surface area contributed by atoms with Crippen molar-refractivity contribution in [3.05, 3.63) is 18.2 Å². The molecule has 76 valence electrons. The van der Waals surface area contributed by atoms with Crippen molar-refractivity contribution in [1.29, 1.82) is 0 Å². The van der Waals surface area contributed by atoms with Crippen molar-refractivity contribution in [2.75, 3.05) is 0 Å². The first-order valence-electron chi connectivity index (χ1n) is 3.23. The van der Waals surface area contributed by atoms with E-state index in [-0.39, 0.29) is 5.69 Å². The second kappa shape index (κ2) is 3.48. The lowest BCUT2D eigenvalue weighted by atomic mass is 10.5. The van der Waals surface area contributed by atoms with Crippen molar-refractivity contribution in [3.63, 3.8) is 0 Å². The number of carbonyl (C=O) groups is 2. The van der Waals surface area contributed by atoms with Crippen molar-refractivity contribution in [1.82, 2.24) is 9.97 Å². The topological polar surface area (TPSA) is 72.1 Å². The molecule has 0 aliphatic heterocycles. The summed E-state index contributed by atoms with van der Waals surface area (Å²) in [6, 6.07) is 0. The maximum Gasteiger partial charge on any atom is 0.491 e. The number of alkyl halides is 3. The average Bonchev–Trinajstić information content (AvgIpc) is 2.53. The Kier molecular flexibility index (Phi) is 2.54. The van der Waals surface area contributed by atoms with Gasteiger partial charge in [0.15, 0.2) is 0 Å². The van der Waals surface area contributed by atoms with E-state index >= 15 is 0 Å². The molecule has 1 aromatic rings. The summed E-state index contributed by atoms with van der Waals surface area (Å²) >= 11 is 0. The summed E-state index contributed by atoms with van der Waals surface area (Å²) in [5, 5.41) is 0. The van der Waals surface area contributed by atoms with E-state index in [0.717, 1.165) is 12.5 Å². The predicted molar refractivity (Wildman–Crippen MR) is 35.1 cm³/mol. The van der Waals surface area contributed by atoms with Crippen LogP contribution in [0.5, 0.6) is 0 Å². The molecule has 1 N–H and O–H groups in total. The van der Waals surface area contributed by atoms with Crippen LogP contribution in [0.4, 0.5) is 13.2 Å². The molecular weight excluding hydrogens is 205 g/mol. The van der Waals surface area contributed by atoms with Crippen LogP contribution in [-0.4, -0.2) is 28.1 Å². The highest BCUT2D eigenvalue weighted by Gasteiger charge is 2.42. The highest BCUT2D eigenvalue weighted by atomic mass is 19.4. The Balaban J connectivity index is 2.63. The van der Waals surface area contributed by atoms with Crippen LogP contribution in [0.25, 0.3) is 0 Å². The van der Waals surface area contributed by atoms with Gasteiger partial charge in [-0.15, -0.1) is 0 Å². The normalized spacial score (nSPS) is 11.1. The first kappa shape index (κ1) is 10.2. The highest BCUT2D eigenvalue weighted by Crippen LogP contribution is 2.17. The first-order valence-corrected chi connectivity index (χ1v) is 3.23. The van der Waals surface area contributed by atoms with Crippen molar-refractivity contribution in [2.45, 2.75) is 6.18 Å². The third-order valence-corrected chi connectivity index (χ3v) is 1.13. The molecule has 0 aromatic carbocycles. The largest absolute Gasteiger partial charge is 0.491 e. The third-order valence-electron chi connectivity index (χ3n) is 1.13. The standard InChI is InChI=1S/C6H3F3N2O3/c7-6(8,9)5(13)14-4(12)3-1-10-2-11-3/h1-2H,(H,10,11). The third kappa shape index (κ3) is 2.31. The van der Waals surface area contributed by atoms with E-state index in [9.17, 15) is 22.8 Å². The molecule has 0 fully saturated rings. The predicted octanol–water partition coefficient (Wildman–Crippen LogP) is 0.655. The fourth-order valence-electron chi connectivity index (χ4n) is 0.565. The molecule has 1 rings (SSSR count). The van der Waals surface area contributed by atoms with Gasteiger partial charge in [-0.05, 0) is 0 Å². The van der Waals surface area contributed by atoms with Gasteiger partial charge in [0, 0.05) is 0 Å². The summed E-state index contributed by atoms with van der Waals surface area (Å²) in [5.74, 6) is -3.98. The Hall–Kier alpha value is -1.86. The number of halogens is 3. The lowest BCUT2D eigenvalue weighted by Gasteiger charge is -2.03. The maximum atomic E-state index is 11.6. The zero-order valence-electron chi connectivity index (χ0n) is 6.46. The van der Waals surface area contributed by atoms with E-state index in [2.05, 4.69) is 14.7 Å². The van der Waals surface area contributed by atoms with Crippen LogP contribution in [-0.2, 0) is 9.53 Å². The quantitative estimate of drug-likeness (QED) is 0.543. The molecule has 0 amide bonds. The van der Waals surface area contributed by atoms with Crippen molar-refractivity contribution in [2.24, 2.45) is 0 Å². The fourth-order valence-corrected chi connectivity index (χ4v) is 0.565. The number of carbonyl (C=O) groups excluding carboxylic acids is 2.